The first-order valence-corrected chi connectivity index (χ1v) is 9.55. The molecule has 0 aromatic carbocycles. The minimum atomic E-state index is 0.874. The number of hydrogen-bond acceptors (Lipinski definition) is 0. The Labute approximate surface area is 122 Å². The van der Waals surface area contributed by atoms with E-state index in [0.717, 1.165) is 23.2 Å². The molecule has 106 valence electrons. The topological polar surface area (TPSA) is 0 Å². The zero-order valence-corrected chi connectivity index (χ0v) is 12.4. The average molecular weight is 266 g/mol. The molecule has 6 saturated carbocycles. The van der Waals surface area contributed by atoms with Crippen molar-refractivity contribution in [1.82, 2.24) is 0 Å². The molecule has 0 amide bonds. The van der Waals surface area contributed by atoms with E-state index in [1.165, 1.54) is 41.4 Å². The summed E-state index contributed by atoms with van der Waals surface area (Å²) >= 11 is 0. The first-order chi connectivity index (χ1) is 9.87. The van der Waals surface area contributed by atoms with Crippen LogP contribution in [0, 0.1) is 64.6 Å². The predicted molar refractivity (Wildman–Crippen MR) is 78.8 cm³/mol. The fraction of sp³-hybridized carbons (Fsp3) is 0.900. The maximum atomic E-state index is 2.66. The first kappa shape index (κ1) is 10.5. The third kappa shape index (κ3) is 0.844. The van der Waals surface area contributed by atoms with E-state index in [1.807, 2.05) is 0 Å². The molecule has 11 atom stereocenters. The Morgan fingerprint density at radius 2 is 1.65 bits per heavy atom. The van der Waals surface area contributed by atoms with Crippen LogP contribution in [0.25, 0.3) is 0 Å². The Hall–Kier alpha value is -0.260. The lowest BCUT2D eigenvalue weighted by Gasteiger charge is -2.57. The van der Waals surface area contributed by atoms with Crippen molar-refractivity contribution >= 4 is 0 Å². The van der Waals surface area contributed by atoms with Crippen molar-refractivity contribution < 1.29 is 0 Å². The third-order valence-electron chi connectivity index (χ3n) is 9.85. The average Bonchev–Trinajstić information content (AvgIpc) is 3.14. The molecule has 0 nitrogen and oxygen atoms in total. The zero-order valence-electron chi connectivity index (χ0n) is 12.4. The summed E-state index contributed by atoms with van der Waals surface area (Å²) in [5.74, 6) is 11.6. The summed E-state index contributed by atoms with van der Waals surface area (Å²) in [7, 11) is 0. The van der Waals surface area contributed by atoms with Gasteiger partial charge < -0.3 is 0 Å². The van der Waals surface area contributed by atoms with Crippen LogP contribution in [-0.4, -0.2) is 0 Å². The molecule has 7 aliphatic carbocycles. The van der Waals surface area contributed by atoms with Crippen LogP contribution in [0.1, 0.15) is 44.9 Å². The molecule has 0 N–H and O–H groups in total. The highest BCUT2D eigenvalue weighted by atomic mass is 14.8. The SMILES string of the molecule is C1=CC2CC1CC13CC(C4C5CC(C6CCCC65)C41)C23. The van der Waals surface area contributed by atoms with Gasteiger partial charge in [-0.05, 0) is 103 Å². The van der Waals surface area contributed by atoms with Crippen LogP contribution < -0.4 is 0 Å². The van der Waals surface area contributed by atoms with E-state index in [4.69, 9.17) is 0 Å². The van der Waals surface area contributed by atoms with Crippen molar-refractivity contribution in [2.24, 2.45) is 64.6 Å². The highest BCUT2D eigenvalue weighted by Crippen LogP contribution is 2.85. The standard InChI is InChI=1S/C20H26/c1-2-12-13(3-1)15-7-14(12)17-16-9-20(19(15)17)8-10-4-5-11(6-10)18(16)20/h4-5,10-19H,1-3,6-9H2. The summed E-state index contributed by atoms with van der Waals surface area (Å²) < 4.78 is 0. The minimum absolute atomic E-state index is 0.874. The van der Waals surface area contributed by atoms with E-state index < -0.39 is 0 Å². The third-order valence-corrected chi connectivity index (χ3v) is 9.85. The van der Waals surface area contributed by atoms with Crippen LogP contribution in [0.5, 0.6) is 0 Å². The van der Waals surface area contributed by atoms with Gasteiger partial charge in [-0.3, -0.25) is 0 Å². The van der Waals surface area contributed by atoms with Crippen LogP contribution in [-0.2, 0) is 0 Å². The number of hydrogen-bond donors (Lipinski definition) is 0. The number of fused-ring (bicyclic) bond motifs is 11. The molecule has 0 aliphatic heterocycles. The number of rotatable bonds is 0. The normalized spacial score (nSPS) is 73.6. The molecule has 0 saturated heterocycles. The molecular formula is C20H26. The van der Waals surface area contributed by atoms with Gasteiger partial charge in [0.25, 0.3) is 0 Å². The van der Waals surface area contributed by atoms with Gasteiger partial charge >= 0.3 is 0 Å². The van der Waals surface area contributed by atoms with Crippen molar-refractivity contribution in [2.75, 3.05) is 0 Å². The second-order valence-electron chi connectivity index (χ2n) is 9.80. The maximum Gasteiger partial charge on any atom is -0.0191 e. The Balaban J connectivity index is 1.37. The summed E-state index contributed by atoms with van der Waals surface area (Å²) in [6.45, 7) is 0. The Bertz CT molecular complexity index is 532. The predicted octanol–water partition coefficient (Wildman–Crippen LogP) is 4.52. The highest BCUT2D eigenvalue weighted by Gasteiger charge is 2.79. The lowest BCUT2D eigenvalue weighted by Crippen LogP contribution is -2.51. The number of allylic oxidation sites excluding steroid dienone is 2. The van der Waals surface area contributed by atoms with E-state index >= 15 is 0 Å². The quantitative estimate of drug-likeness (QED) is 0.566. The molecule has 0 radical (unpaired) electrons. The van der Waals surface area contributed by atoms with Crippen molar-refractivity contribution in [3.05, 3.63) is 12.2 Å². The van der Waals surface area contributed by atoms with Gasteiger partial charge in [-0.15, -0.1) is 0 Å². The molecule has 11 unspecified atom stereocenters. The van der Waals surface area contributed by atoms with Crippen LogP contribution in [0.2, 0.25) is 0 Å². The van der Waals surface area contributed by atoms with E-state index in [-0.39, 0.29) is 0 Å². The van der Waals surface area contributed by atoms with Crippen molar-refractivity contribution in [1.29, 1.82) is 0 Å². The van der Waals surface area contributed by atoms with Gasteiger partial charge in [-0.2, -0.15) is 0 Å². The smallest absolute Gasteiger partial charge is 0.0191 e. The molecular weight excluding hydrogens is 240 g/mol. The molecule has 0 aromatic rings. The van der Waals surface area contributed by atoms with Crippen LogP contribution in [0.4, 0.5) is 0 Å². The summed E-state index contributed by atoms with van der Waals surface area (Å²) in [5, 5.41) is 0. The molecule has 0 spiro atoms. The second-order valence-corrected chi connectivity index (χ2v) is 9.80. The maximum absolute atomic E-state index is 2.66. The van der Waals surface area contributed by atoms with E-state index in [2.05, 4.69) is 12.2 Å². The zero-order chi connectivity index (χ0) is 12.6. The lowest BCUT2D eigenvalue weighted by molar-refractivity contribution is -0.0824. The van der Waals surface area contributed by atoms with Gasteiger partial charge in [0.1, 0.15) is 0 Å². The molecule has 0 heteroatoms. The summed E-state index contributed by atoms with van der Waals surface area (Å²) in [4.78, 5) is 0. The molecule has 6 fully saturated rings. The lowest BCUT2D eigenvalue weighted by atomic mass is 9.47. The van der Waals surface area contributed by atoms with Gasteiger partial charge in [0.2, 0.25) is 0 Å². The first-order valence-electron chi connectivity index (χ1n) is 9.55. The molecule has 20 heavy (non-hydrogen) atoms. The Kier molecular flexibility index (Phi) is 1.54. The van der Waals surface area contributed by atoms with Gasteiger partial charge in [0, 0.05) is 0 Å². The Morgan fingerprint density at radius 1 is 0.750 bits per heavy atom. The van der Waals surface area contributed by atoms with Crippen molar-refractivity contribution in [3.8, 4) is 0 Å². The van der Waals surface area contributed by atoms with Crippen molar-refractivity contribution in [3.63, 3.8) is 0 Å². The van der Waals surface area contributed by atoms with Crippen LogP contribution in [0.15, 0.2) is 12.2 Å². The van der Waals surface area contributed by atoms with E-state index in [0.29, 0.717) is 0 Å². The second kappa shape index (κ2) is 2.95. The highest BCUT2D eigenvalue weighted by molar-refractivity contribution is 5.30. The molecule has 0 heterocycles. The van der Waals surface area contributed by atoms with Gasteiger partial charge in [0.05, 0.1) is 0 Å². The van der Waals surface area contributed by atoms with Crippen LogP contribution in [0.3, 0.4) is 0 Å². The minimum Gasteiger partial charge on any atom is -0.0851 e. The molecule has 7 rings (SSSR count). The fourth-order valence-corrected chi connectivity index (χ4v) is 10.1. The van der Waals surface area contributed by atoms with Crippen molar-refractivity contribution in [2.45, 2.75) is 44.9 Å². The van der Waals surface area contributed by atoms with Gasteiger partial charge in [-0.1, -0.05) is 18.6 Å². The monoisotopic (exact) mass is 266 g/mol. The summed E-state index contributed by atoms with van der Waals surface area (Å²) in [6.07, 6.45) is 16.6. The molecule has 0 aromatic heterocycles. The fourth-order valence-electron chi connectivity index (χ4n) is 10.1. The summed E-state index contributed by atoms with van der Waals surface area (Å²) in [6, 6.07) is 0. The van der Waals surface area contributed by atoms with Gasteiger partial charge in [-0.25, -0.2) is 0 Å². The largest absolute Gasteiger partial charge is 0.0851 e. The Morgan fingerprint density at radius 3 is 2.60 bits per heavy atom. The van der Waals surface area contributed by atoms with E-state index in [1.54, 1.807) is 44.9 Å². The molecule has 7 aliphatic rings. The van der Waals surface area contributed by atoms with E-state index in [9.17, 15) is 0 Å². The van der Waals surface area contributed by atoms with Gasteiger partial charge in [0.15, 0.2) is 0 Å². The van der Waals surface area contributed by atoms with Crippen LogP contribution >= 0.6 is 0 Å². The molecule has 6 bridgehead atoms. The summed E-state index contributed by atoms with van der Waals surface area (Å²) in [5.41, 5.74) is 0.874.